The number of aromatic nitrogens is 2. The first-order valence-electron chi connectivity index (χ1n) is 10.8. The molecule has 1 aromatic heterocycles. The average Bonchev–Trinajstić information content (AvgIpc) is 3.27. The van der Waals surface area contributed by atoms with Crippen molar-refractivity contribution in [2.24, 2.45) is 5.11 Å². The maximum atomic E-state index is 14.8. The Hall–Kier alpha value is -3.18. The minimum Gasteiger partial charge on any atom is -0.420 e. The molecule has 19 nitrogen and oxygen atoms in total. The fraction of sp³-hybridized carbons (Fsp3) is 0.412. The fourth-order valence-electron chi connectivity index (χ4n) is 3.31. The molecule has 6 atom stereocenters. The van der Waals surface area contributed by atoms with Crippen molar-refractivity contribution in [1.82, 2.24) is 9.55 Å². The van der Waals surface area contributed by atoms with Gasteiger partial charge in [0.05, 0.1) is 31.2 Å². The van der Waals surface area contributed by atoms with Gasteiger partial charge in [0.15, 0.2) is 7.47 Å². The maximum absolute atomic E-state index is 14.8. The molecule has 0 aliphatic carbocycles. The van der Waals surface area contributed by atoms with E-state index in [4.69, 9.17) is 14.8 Å². The lowest BCUT2D eigenvalue weighted by Gasteiger charge is -2.30. The molecule has 3 N–H and O–H groups in total. The Bertz CT molecular complexity index is 1680. The number of nitrogens with one attached hydrogen (secondary N) is 1. The first-order chi connectivity index (χ1) is 19.3. The molecule has 230 valence electrons. The number of benzene rings is 1. The number of hydrogen-bond donors (Lipinski definition) is 3. The number of ether oxygens (including phenoxy) is 1. The van der Waals surface area contributed by atoms with Gasteiger partial charge in [0, 0.05) is 35.2 Å². The Morgan fingerprint density at radius 1 is 1.29 bits per heavy atom. The van der Waals surface area contributed by atoms with E-state index in [-0.39, 0.29) is 12.0 Å². The molecule has 0 radical (unpaired) electrons. The smallest absolute Gasteiger partial charge is 0.420 e. The van der Waals surface area contributed by atoms with Gasteiger partial charge >= 0.3 is 26.3 Å². The number of alkyl halides is 2. The normalized spacial score (nSPS) is 23.1. The molecular weight excluding hydrogens is 638 g/mol. The van der Waals surface area contributed by atoms with Crippen LogP contribution in [-0.4, -0.2) is 56.0 Å². The van der Waals surface area contributed by atoms with E-state index in [1.807, 2.05) is 4.98 Å². The Morgan fingerprint density at radius 3 is 2.48 bits per heavy atom. The van der Waals surface area contributed by atoms with Crippen LogP contribution in [-0.2, 0) is 27.3 Å². The topological polar surface area (TPSA) is 275 Å². The first-order valence-corrected chi connectivity index (χ1v) is 15.0. The van der Waals surface area contributed by atoms with Crippen LogP contribution in [0.15, 0.2) is 45.2 Å². The number of aromatic amines is 1. The molecule has 3 rings (SSSR count). The summed E-state index contributed by atoms with van der Waals surface area (Å²) in [6, 6.07) is 1.80. The molecule has 25 heteroatoms. The van der Waals surface area contributed by atoms with Crippen LogP contribution in [0.1, 0.15) is 18.2 Å². The van der Waals surface area contributed by atoms with E-state index < -0.39 is 88.2 Å². The van der Waals surface area contributed by atoms with Crippen LogP contribution >= 0.6 is 22.7 Å². The molecule has 1 aliphatic heterocycles. The highest BCUT2D eigenvalue weighted by molar-refractivity contribution is 7.86. The van der Waals surface area contributed by atoms with Gasteiger partial charge in [-0.1, -0.05) is 5.11 Å². The van der Waals surface area contributed by atoms with Gasteiger partial charge in [-0.15, -0.1) is 0 Å². The lowest BCUT2D eigenvalue weighted by Crippen LogP contribution is -2.33. The molecule has 3 unspecified atom stereocenters. The van der Waals surface area contributed by atoms with E-state index in [0.717, 1.165) is 16.7 Å². The highest BCUT2D eigenvalue weighted by Gasteiger charge is 2.68. The van der Waals surface area contributed by atoms with Crippen molar-refractivity contribution < 1.29 is 55.3 Å². The molecule has 1 fully saturated rings. The summed E-state index contributed by atoms with van der Waals surface area (Å²) >= 11 is 0. The number of aryl methyl sites for hydroxylation is 1. The SMILES string of the molecule is [BH3-]P(=O)(OC[C@H]1O[C@@H](n2cc(C)c(=O)[nH]c2=O)C[C@H]1N=[N+]=[N-])OP(=O)(O)C(F)(F)P(=O)(O)Oc1ccc([N+](=O)[O-])cc1. The van der Waals surface area contributed by atoms with Crippen molar-refractivity contribution in [3.05, 3.63) is 77.4 Å². The van der Waals surface area contributed by atoms with Gasteiger partial charge in [-0.05, 0) is 24.6 Å². The largest absolute Gasteiger partial charge is 0.459 e. The number of hydrogen-bond acceptors (Lipinski definition) is 12. The van der Waals surface area contributed by atoms with Crippen molar-refractivity contribution in [2.45, 2.75) is 37.1 Å². The van der Waals surface area contributed by atoms with Gasteiger partial charge < -0.3 is 28.1 Å². The molecule has 2 heterocycles. The highest BCUT2D eigenvalue weighted by atomic mass is 31.3. The van der Waals surface area contributed by atoms with Gasteiger partial charge in [-0.25, -0.2) is 9.36 Å². The molecule has 1 saturated heterocycles. The zero-order valence-electron chi connectivity index (χ0n) is 20.3. The maximum Gasteiger partial charge on any atom is 0.459 e. The highest BCUT2D eigenvalue weighted by Crippen LogP contribution is 2.78. The number of non-ortho nitro benzene ring substituents is 1. The van der Waals surface area contributed by atoms with Crippen molar-refractivity contribution in [3.63, 3.8) is 0 Å². The minimum absolute atomic E-state index is 0.138. The molecule has 0 bridgehead atoms. The van der Waals surface area contributed by atoms with Crippen molar-refractivity contribution in [1.29, 1.82) is 0 Å². The molecule has 2 aromatic rings. The van der Waals surface area contributed by atoms with Gasteiger partial charge in [0.1, 0.15) is 12.0 Å². The molecule has 1 aliphatic rings. The molecule has 1 aromatic carbocycles. The number of nitro benzene ring substituents is 1. The van der Waals surface area contributed by atoms with Crippen LogP contribution in [0.4, 0.5) is 14.5 Å². The molecule has 0 saturated carbocycles. The van der Waals surface area contributed by atoms with E-state index in [1.54, 1.807) is 0 Å². The average molecular weight is 659 g/mol. The Balaban J connectivity index is 1.73. The van der Waals surface area contributed by atoms with Gasteiger partial charge in [0.2, 0.25) is 0 Å². The Morgan fingerprint density at radius 2 is 1.90 bits per heavy atom. The van der Waals surface area contributed by atoms with Crippen LogP contribution in [0.25, 0.3) is 10.4 Å². The monoisotopic (exact) mass is 659 g/mol. The summed E-state index contributed by atoms with van der Waals surface area (Å²) in [6.45, 7) is 0.596. The third-order valence-corrected chi connectivity index (χ3v) is 10.5. The number of H-pyrrole nitrogens is 1. The third kappa shape index (κ3) is 7.23. The van der Waals surface area contributed by atoms with E-state index in [9.17, 15) is 52.0 Å². The van der Waals surface area contributed by atoms with Crippen LogP contribution < -0.4 is 15.8 Å². The van der Waals surface area contributed by atoms with Crippen LogP contribution in [0.3, 0.4) is 0 Å². The summed E-state index contributed by atoms with van der Waals surface area (Å²) in [4.78, 5) is 58.1. The second-order valence-electron chi connectivity index (χ2n) is 8.11. The molecule has 0 amide bonds. The van der Waals surface area contributed by atoms with E-state index in [1.165, 1.54) is 13.1 Å². The Labute approximate surface area is 233 Å². The fourth-order valence-corrected chi connectivity index (χ4v) is 7.13. The first kappa shape index (κ1) is 33.3. The summed E-state index contributed by atoms with van der Waals surface area (Å²) in [6.07, 6.45) is -1.36. The van der Waals surface area contributed by atoms with E-state index >= 15 is 0 Å². The second-order valence-corrected chi connectivity index (χ2v) is 13.2. The zero-order chi connectivity index (χ0) is 31.7. The van der Waals surface area contributed by atoms with E-state index in [2.05, 4.69) is 18.9 Å². The summed E-state index contributed by atoms with van der Waals surface area (Å²) in [7, 11) is -19.6. The second kappa shape index (κ2) is 12.2. The number of halogens is 2. The van der Waals surface area contributed by atoms with Gasteiger partial charge in [0.25, 0.3) is 11.2 Å². The number of azide groups is 1. The minimum atomic E-state index is -6.57. The van der Waals surface area contributed by atoms with E-state index in [0.29, 0.717) is 12.1 Å². The van der Waals surface area contributed by atoms with Gasteiger partial charge in [-0.2, -0.15) is 8.78 Å². The molecular formula is C17H21BF2N6O13P3-. The van der Waals surface area contributed by atoms with Crippen LogP contribution in [0.2, 0.25) is 0 Å². The molecule has 42 heavy (non-hydrogen) atoms. The quantitative estimate of drug-likeness (QED) is 0.0561. The molecule has 0 spiro atoms. The van der Waals surface area contributed by atoms with Crippen molar-refractivity contribution >= 4 is 35.9 Å². The lowest BCUT2D eigenvalue weighted by atomic mass is 10.1. The predicted molar refractivity (Wildman–Crippen MR) is 140 cm³/mol. The number of rotatable bonds is 12. The predicted octanol–water partition coefficient (Wildman–Crippen LogP) is 2.23. The van der Waals surface area contributed by atoms with Gasteiger partial charge in [-0.3, -0.25) is 33.3 Å². The van der Waals surface area contributed by atoms with Crippen LogP contribution in [0.5, 0.6) is 5.75 Å². The zero-order valence-corrected chi connectivity index (χ0v) is 22.9. The van der Waals surface area contributed by atoms with Crippen molar-refractivity contribution in [2.75, 3.05) is 6.61 Å². The summed E-state index contributed by atoms with van der Waals surface area (Å²) in [5.74, 6) is -0.794. The number of nitro groups is 1. The summed E-state index contributed by atoms with van der Waals surface area (Å²) in [5, 5.41) is 8.64. The summed E-state index contributed by atoms with van der Waals surface area (Å²) in [5.41, 5.74) is 6.96. The van der Waals surface area contributed by atoms with Crippen LogP contribution in [0, 0.1) is 17.0 Å². The van der Waals surface area contributed by atoms with Crippen molar-refractivity contribution in [3.8, 4) is 5.75 Å². The lowest BCUT2D eigenvalue weighted by molar-refractivity contribution is -0.384. The summed E-state index contributed by atoms with van der Waals surface area (Å²) < 4.78 is 87.2. The Kier molecular flexibility index (Phi) is 9.69. The standard InChI is InChI=1S/C17H21BF2N6O13P3/c1-9-7-25(16(28)22-15(9)27)14-6-12(23-24-21)13(37-14)8-36-42(18,35)39-41(33,34)17(19,20)40(31,32)38-11-4-2-10(3-5-11)26(29)30/h2-5,7,12-14H,6,8H2,1,18H3,(H,31,32)(H,33,34)(H,22,27,28)/q-1/t12-,13-,14-,42?/m1/s1. The number of nitrogens with zero attached hydrogens (tertiary/aromatic N) is 5. The third-order valence-electron chi connectivity index (χ3n) is 5.34.